The van der Waals surface area contributed by atoms with Gasteiger partial charge >= 0.3 is 0 Å². The number of nitrogens with one attached hydrogen (secondary N) is 1. The summed E-state index contributed by atoms with van der Waals surface area (Å²) in [6.45, 7) is 0. The zero-order chi connectivity index (χ0) is 27.2. The van der Waals surface area contributed by atoms with Crippen LogP contribution in [-0.2, 0) is 16.4 Å². The van der Waals surface area contributed by atoms with Gasteiger partial charge in [-0.1, -0.05) is 54.6 Å². The fourth-order valence-electron chi connectivity index (χ4n) is 4.03. The van der Waals surface area contributed by atoms with Crippen molar-refractivity contribution in [2.45, 2.75) is 6.42 Å². The van der Waals surface area contributed by atoms with Crippen LogP contribution >= 0.6 is 0 Å². The molecule has 198 valence electrons. The summed E-state index contributed by atoms with van der Waals surface area (Å²) in [5.74, 6) is 0.548. The molecular formula is C28H25N5O5S. The summed E-state index contributed by atoms with van der Waals surface area (Å²) in [6, 6.07) is 23.9. The van der Waals surface area contributed by atoms with E-state index in [4.69, 9.17) is 14.2 Å². The predicted molar refractivity (Wildman–Crippen MR) is 148 cm³/mol. The predicted octanol–water partition coefficient (Wildman–Crippen LogP) is 4.88. The van der Waals surface area contributed by atoms with Crippen LogP contribution in [0.15, 0.2) is 85.1 Å². The summed E-state index contributed by atoms with van der Waals surface area (Å²) >= 11 is 0. The molecule has 5 rings (SSSR count). The molecule has 0 saturated carbocycles. The summed E-state index contributed by atoms with van der Waals surface area (Å²) in [4.78, 5) is 8.84. The lowest BCUT2D eigenvalue weighted by molar-refractivity contribution is 0.348. The Kier molecular flexibility index (Phi) is 7.50. The van der Waals surface area contributed by atoms with Gasteiger partial charge in [0, 0.05) is 6.20 Å². The summed E-state index contributed by atoms with van der Waals surface area (Å²) in [5.41, 5.74) is 1.25. The van der Waals surface area contributed by atoms with Crippen molar-refractivity contribution in [2.24, 2.45) is 0 Å². The van der Waals surface area contributed by atoms with Crippen LogP contribution in [0.1, 0.15) is 5.56 Å². The van der Waals surface area contributed by atoms with Gasteiger partial charge < -0.3 is 14.2 Å². The maximum Gasteiger partial charge on any atom is 0.263 e. The molecular weight excluding hydrogens is 518 g/mol. The van der Waals surface area contributed by atoms with E-state index in [1.807, 2.05) is 42.5 Å². The van der Waals surface area contributed by atoms with Crippen molar-refractivity contribution in [1.82, 2.24) is 20.2 Å². The average molecular weight is 544 g/mol. The van der Waals surface area contributed by atoms with E-state index in [1.165, 1.54) is 20.4 Å². The number of benzene rings is 3. The SMILES string of the molecule is COc1ccccc1Oc1c(NS(=O)(=O)CCc2cccc3ccccc23)nc(-c2cccnn2)nc1OC. The first-order valence-corrected chi connectivity index (χ1v) is 13.6. The highest BCUT2D eigenvalue weighted by Crippen LogP contribution is 2.41. The number of nitrogens with zero attached hydrogens (tertiary/aromatic N) is 4. The van der Waals surface area contributed by atoms with Gasteiger partial charge in [0.25, 0.3) is 5.88 Å². The number of anilines is 1. The third-order valence-electron chi connectivity index (χ3n) is 5.88. The van der Waals surface area contributed by atoms with E-state index >= 15 is 0 Å². The number of hydrogen-bond acceptors (Lipinski definition) is 9. The monoisotopic (exact) mass is 543 g/mol. The lowest BCUT2D eigenvalue weighted by Gasteiger charge is -2.17. The Labute approximate surface area is 225 Å². The fourth-order valence-corrected chi connectivity index (χ4v) is 5.05. The van der Waals surface area contributed by atoms with Gasteiger partial charge in [-0.15, -0.1) is 5.10 Å². The van der Waals surface area contributed by atoms with Crippen molar-refractivity contribution in [3.8, 4) is 34.6 Å². The van der Waals surface area contributed by atoms with Crippen molar-refractivity contribution in [3.63, 3.8) is 0 Å². The van der Waals surface area contributed by atoms with Gasteiger partial charge in [0.2, 0.25) is 15.8 Å². The molecule has 10 nitrogen and oxygen atoms in total. The van der Waals surface area contributed by atoms with Crippen molar-refractivity contribution in [3.05, 3.63) is 90.6 Å². The minimum Gasteiger partial charge on any atom is -0.493 e. The van der Waals surface area contributed by atoms with E-state index in [1.54, 1.807) is 36.4 Å². The Bertz CT molecular complexity index is 1710. The first-order valence-electron chi connectivity index (χ1n) is 12.0. The van der Waals surface area contributed by atoms with Crippen molar-refractivity contribution >= 4 is 26.6 Å². The highest BCUT2D eigenvalue weighted by molar-refractivity contribution is 7.92. The normalized spacial score (nSPS) is 11.2. The van der Waals surface area contributed by atoms with E-state index in [-0.39, 0.29) is 29.0 Å². The lowest BCUT2D eigenvalue weighted by Crippen LogP contribution is -2.20. The van der Waals surface area contributed by atoms with Crippen LogP contribution in [0.3, 0.4) is 0 Å². The Balaban J connectivity index is 1.52. The molecule has 0 bridgehead atoms. The molecule has 0 saturated heterocycles. The minimum atomic E-state index is -3.90. The quantitative estimate of drug-likeness (QED) is 0.262. The summed E-state index contributed by atoms with van der Waals surface area (Å²) in [6.07, 6.45) is 1.80. The lowest BCUT2D eigenvalue weighted by atomic mass is 10.0. The van der Waals surface area contributed by atoms with Crippen LogP contribution < -0.4 is 18.9 Å². The highest BCUT2D eigenvalue weighted by atomic mass is 32.2. The molecule has 0 radical (unpaired) electrons. The smallest absolute Gasteiger partial charge is 0.263 e. The van der Waals surface area contributed by atoms with Gasteiger partial charge in [0.15, 0.2) is 23.1 Å². The standard InChI is InChI=1S/C28H25N5O5S/c1-36-23-14-5-6-15-24(23)38-25-27(30-26(31-28(25)37-2)22-13-8-17-29-32-22)33-39(34,35)18-16-20-11-7-10-19-9-3-4-12-21(19)20/h3-15,17H,16,18H2,1-2H3,(H,30,31,33). The Morgan fingerprint density at radius 2 is 1.59 bits per heavy atom. The molecule has 0 atom stereocenters. The van der Waals surface area contributed by atoms with Crippen molar-refractivity contribution in [1.29, 1.82) is 0 Å². The molecule has 5 aromatic rings. The molecule has 0 aliphatic rings. The van der Waals surface area contributed by atoms with Gasteiger partial charge in [0.1, 0.15) is 5.69 Å². The number of aryl methyl sites for hydroxylation is 1. The molecule has 11 heteroatoms. The number of hydrogen-bond donors (Lipinski definition) is 1. The topological polar surface area (TPSA) is 125 Å². The van der Waals surface area contributed by atoms with Crippen LogP contribution in [0.5, 0.6) is 23.1 Å². The van der Waals surface area contributed by atoms with Crippen LogP contribution in [0.4, 0.5) is 5.82 Å². The van der Waals surface area contributed by atoms with Crippen LogP contribution in [-0.4, -0.2) is 48.6 Å². The van der Waals surface area contributed by atoms with E-state index in [2.05, 4.69) is 24.9 Å². The first kappa shape index (κ1) is 25.9. The minimum absolute atomic E-state index is 0.00307. The zero-order valence-electron chi connectivity index (χ0n) is 21.2. The Morgan fingerprint density at radius 3 is 2.36 bits per heavy atom. The van der Waals surface area contributed by atoms with Gasteiger partial charge in [-0.25, -0.2) is 13.4 Å². The molecule has 0 fully saturated rings. The molecule has 0 spiro atoms. The number of para-hydroxylation sites is 2. The number of rotatable bonds is 10. The van der Waals surface area contributed by atoms with Crippen molar-refractivity contribution in [2.75, 3.05) is 24.7 Å². The van der Waals surface area contributed by atoms with E-state index in [0.29, 0.717) is 23.6 Å². The molecule has 2 heterocycles. The van der Waals surface area contributed by atoms with Crippen LogP contribution in [0, 0.1) is 0 Å². The van der Waals surface area contributed by atoms with E-state index < -0.39 is 10.0 Å². The molecule has 39 heavy (non-hydrogen) atoms. The molecule has 3 aromatic carbocycles. The van der Waals surface area contributed by atoms with E-state index in [0.717, 1.165) is 16.3 Å². The second-order valence-corrected chi connectivity index (χ2v) is 10.2. The third-order valence-corrected chi connectivity index (χ3v) is 7.13. The number of sulfonamides is 1. The number of ether oxygens (including phenoxy) is 3. The number of aromatic nitrogens is 4. The van der Waals surface area contributed by atoms with Crippen LogP contribution in [0.25, 0.3) is 22.3 Å². The Morgan fingerprint density at radius 1 is 0.821 bits per heavy atom. The van der Waals surface area contributed by atoms with Crippen molar-refractivity contribution < 1.29 is 22.6 Å². The van der Waals surface area contributed by atoms with Gasteiger partial charge in [-0.3, -0.25) is 4.72 Å². The molecule has 0 aliphatic heterocycles. The van der Waals surface area contributed by atoms with Gasteiger partial charge in [-0.2, -0.15) is 10.1 Å². The second-order valence-electron chi connectivity index (χ2n) is 8.41. The van der Waals surface area contributed by atoms with E-state index in [9.17, 15) is 8.42 Å². The van der Waals surface area contributed by atoms with Crippen LogP contribution in [0.2, 0.25) is 0 Å². The molecule has 0 aliphatic carbocycles. The second kappa shape index (κ2) is 11.3. The third kappa shape index (κ3) is 5.88. The molecule has 0 unspecified atom stereocenters. The summed E-state index contributed by atoms with van der Waals surface area (Å²) < 4.78 is 46.2. The van der Waals surface area contributed by atoms with Gasteiger partial charge in [-0.05, 0) is 47.0 Å². The molecule has 2 aromatic heterocycles. The zero-order valence-corrected chi connectivity index (χ0v) is 22.1. The number of fused-ring (bicyclic) bond motifs is 1. The highest BCUT2D eigenvalue weighted by Gasteiger charge is 2.24. The fraction of sp³-hybridized carbons (Fsp3) is 0.143. The average Bonchev–Trinajstić information content (AvgIpc) is 2.97. The molecule has 0 amide bonds. The molecule has 1 N–H and O–H groups in total. The van der Waals surface area contributed by atoms with Gasteiger partial charge in [0.05, 0.1) is 20.0 Å². The first-order chi connectivity index (χ1) is 19.0. The number of methoxy groups -OCH3 is 2. The largest absolute Gasteiger partial charge is 0.493 e. The maximum absolute atomic E-state index is 13.4. The maximum atomic E-state index is 13.4. The summed E-state index contributed by atoms with van der Waals surface area (Å²) in [7, 11) is -0.996. The Hall–Kier alpha value is -4.77. The summed E-state index contributed by atoms with van der Waals surface area (Å²) in [5, 5.41) is 9.95.